The number of nitrogens with two attached hydrogens (primary N) is 2. The number of aliphatic hydroxyl groups is 1. The number of nitrogens with one attached hydrogen (secondary N) is 1. The molecule has 0 spiro atoms. The van der Waals surface area contributed by atoms with Crippen LogP contribution in [0, 0.1) is 6.92 Å². The molecule has 20 heavy (non-hydrogen) atoms. The number of aromatic hydroxyl groups is 1. The topological polar surface area (TPSA) is 105 Å². The molecule has 0 aliphatic heterocycles. The van der Waals surface area contributed by atoms with Gasteiger partial charge in [-0.15, -0.1) is 0 Å². The molecule has 7 N–H and O–H groups in total. The maximum absolute atomic E-state index is 9.29. The van der Waals surface area contributed by atoms with Gasteiger partial charge in [-0.2, -0.15) is 0 Å². The standard InChI is InChI=1S/C9H13NO2.C6H8N2/c1-6-3-4-8(5-9(6)12)10-7(2)11;7-5-2-1-3-6(8)4-5/h3-5,7,10-12H,1-2H3;1-4H,7-8H2. The van der Waals surface area contributed by atoms with Crippen LogP contribution >= 0.6 is 0 Å². The number of aryl methyl sites for hydroxylation is 1. The van der Waals surface area contributed by atoms with E-state index in [1.54, 1.807) is 37.3 Å². The van der Waals surface area contributed by atoms with Gasteiger partial charge < -0.3 is 27.0 Å². The molecular formula is C15H21N3O2. The van der Waals surface area contributed by atoms with Crippen molar-refractivity contribution in [2.75, 3.05) is 16.8 Å². The van der Waals surface area contributed by atoms with Gasteiger partial charge in [-0.3, -0.25) is 0 Å². The highest BCUT2D eigenvalue weighted by Gasteiger charge is 1.99. The predicted molar refractivity (Wildman–Crippen MR) is 83.4 cm³/mol. The van der Waals surface area contributed by atoms with Gasteiger partial charge in [-0.1, -0.05) is 12.1 Å². The van der Waals surface area contributed by atoms with E-state index in [0.29, 0.717) is 17.1 Å². The van der Waals surface area contributed by atoms with Crippen LogP contribution in [0.1, 0.15) is 12.5 Å². The highest BCUT2D eigenvalue weighted by molar-refractivity contribution is 5.51. The first-order chi connectivity index (χ1) is 9.38. The second kappa shape index (κ2) is 7.25. The molecule has 0 aromatic heterocycles. The van der Waals surface area contributed by atoms with Crippen molar-refractivity contribution in [3.05, 3.63) is 48.0 Å². The van der Waals surface area contributed by atoms with Crippen LogP contribution < -0.4 is 16.8 Å². The van der Waals surface area contributed by atoms with Crippen LogP contribution in [0.25, 0.3) is 0 Å². The van der Waals surface area contributed by atoms with E-state index in [-0.39, 0.29) is 5.75 Å². The molecule has 2 aromatic rings. The minimum Gasteiger partial charge on any atom is -0.508 e. The third-order valence-electron chi connectivity index (χ3n) is 2.50. The van der Waals surface area contributed by atoms with Gasteiger partial charge in [0.05, 0.1) is 0 Å². The molecule has 1 unspecified atom stereocenters. The number of benzene rings is 2. The minimum absolute atomic E-state index is 0.237. The van der Waals surface area contributed by atoms with E-state index in [1.807, 2.05) is 19.1 Å². The number of nitrogen functional groups attached to an aromatic ring is 2. The van der Waals surface area contributed by atoms with E-state index in [0.717, 1.165) is 5.56 Å². The molecule has 5 nitrogen and oxygen atoms in total. The molecule has 5 heteroatoms. The Kier molecular flexibility index (Phi) is 5.68. The molecule has 0 bridgehead atoms. The van der Waals surface area contributed by atoms with Gasteiger partial charge in [-0.05, 0) is 43.7 Å². The van der Waals surface area contributed by atoms with E-state index >= 15 is 0 Å². The molecule has 108 valence electrons. The molecule has 2 aromatic carbocycles. The van der Waals surface area contributed by atoms with E-state index in [2.05, 4.69) is 5.32 Å². The number of hydrogen-bond acceptors (Lipinski definition) is 5. The second-order valence-corrected chi connectivity index (χ2v) is 4.49. The summed E-state index contributed by atoms with van der Waals surface area (Å²) in [7, 11) is 0. The smallest absolute Gasteiger partial charge is 0.121 e. The largest absolute Gasteiger partial charge is 0.508 e. The van der Waals surface area contributed by atoms with Gasteiger partial charge >= 0.3 is 0 Å². The van der Waals surface area contributed by atoms with Crippen LogP contribution in [-0.4, -0.2) is 16.4 Å². The Balaban J connectivity index is 0.000000217. The molecule has 1 atom stereocenters. The van der Waals surface area contributed by atoms with Crippen molar-refractivity contribution in [2.24, 2.45) is 0 Å². The fourth-order valence-corrected chi connectivity index (χ4v) is 1.50. The monoisotopic (exact) mass is 275 g/mol. The van der Waals surface area contributed by atoms with Crippen LogP contribution in [0.3, 0.4) is 0 Å². The van der Waals surface area contributed by atoms with Crippen LogP contribution in [0.5, 0.6) is 5.75 Å². The summed E-state index contributed by atoms with van der Waals surface area (Å²) in [4.78, 5) is 0. The quantitative estimate of drug-likeness (QED) is 0.427. The Morgan fingerprint density at radius 1 is 1.05 bits per heavy atom. The minimum atomic E-state index is -0.605. The summed E-state index contributed by atoms with van der Waals surface area (Å²) >= 11 is 0. The molecule has 0 aliphatic rings. The van der Waals surface area contributed by atoms with Gasteiger partial charge in [-0.25, -0.2) is 0 Å². The number of phenolic OH excluding ortho intramolecular Hbond substituents is 1. The Bertz CT molecular complexity index is 539. The maximum atomic E-state index is 9.29. The molecule has 0 heterocycles. The summed E-state index contributed by atoms with van der Waals surface area (Å²) in [5, 5.41) is 21.0. The molecule has 0 saturated heterocycles. The Hall–Kier alpha value is -2.40. The normalized spacial score (nSPS) is 11.2. The summed E-state index contributed by atoms with van der Waals surface area (Å²) in [5.41, 5.74) is 13.7. The first-order valence-electron chi connectivity index (χ1n) is 6.23. The molecule has 0 aliphatic carbocycles. The highest BCUT2D eigenvalue weighted by atomic mass is 16.3. The van der Waals surface area contributed by atoms with Crippen LogP contribution in [0.4, 0.5) is 17.1 Å². The second-order valence-electron chi connectivity index (χ2n) is 4.49. The van der Waals surface area contributed by atoms with E-state index in [4.69, 9.17) is 16.6 Å². The maximum Gasteiger partial charge on any atom is 0.121 e. The van der Waals surface area contributed by atoms with Crippen molar-refractivity contribution in [1.82, 2.24) is 0 Å². The first-order valence-corrected chi connectivity index (χ1v) is 6.23. The third kappa shape index (κ3) is 5.49. The summed E-state index contributed by atoms with van der Waals surface area (Å²) in [5.74, 6) is 0.237. The zero-order valence-corrected chi connectivity index (χ0v) is 11.7. The van der Waals surface area contributed by atoms with Gasteiger partial charge in [0, 0.05) is 23.1 Å². The van der Waals surface area contributed by atoms with E-state index < -0.39 is 6.23 Å². The van der Waals surface area contributed by atoms with Crippen molar-refractivity contribution >= 4 is 17.1 Å². The third-order valence-corrected chi connectivity index (χ3v) is 2.50. The fraction of sp³-hybridized carbons (Fsp3) is 0.200. The zero-order valence-electron chi connectivity index (χ0n) is 11.7. The van der Waals surface area contributed by atoms with Gasteiger partial charge in [0.25, 0.3) is 0 Å². The van der Waals surface area contributed by atoms with Gasteiger partial charge in [0.1, 0.15) is 12.0 Å². The summed E-state index contributed by atoms with van der Waals surface area (Å²) < 4.78 is 0. The Morgan fingerprint density at radius 3 is 2.05 bits per heavy atom. The predicted octanol–water partition coefficient (Wildman–Crippen LogP) is 2.30. The van der Waals surface area contributed by atoms with Crippen molar-refractivity contribution in [2.45, 2.75) is 20.1 Å². The number of rotatable bonds is 2. The lowest BCUT2D eigenvalue weighted by Gasteiger charge is -2.09. The molecule has 0 amide bonds. The van der Waals surface area contributed by atoms with Crippen molar-refractivity contribution < 1.29 is 10.2 Å². The number of phenols is 1. The Morgan fingerprint density at radius 2 is 1.65 bits per heavy atom. The first kappa shape index (κ1) is 15.7. The van der Waals surface area contributed by atoms with Gasteiger partial charge in [0.15, 0.2) is 0 Å². The van der Waals surface area contributed by atoms with E-state index in [9.17, 15) is 5.11 Å². The Labute approximate surface area is 118 Å². The van der Waals surface area contributed by atoms with Crippen molar-refractivity contribution in [1.29, 1.82) is 0 Å². The number of aliphatic hydroxyl groups excluding tert-OH is 1. The summed E-state index contributed by atoms with van der Waals surface area (Å²) in [6.07, 6.45) is -0.605. The SMILES string of the molecule is Cc1ccc(NC(C)O)cc1O.Nc1cccc(N)c1. The fourth-order valence-electron chi connectivity index (χ4n) is 1.50. The number of hydrogen-bond donors (Lipinski definition) is 5. The molecule has 0 fully saturated rings. The number of anilines is 3. The lowest BCUT2D eigenvalue weighted by atomic mass is 10.2. The lowest BCUT2D eigenvalue weighted by Crippen LogP contribution is -2.12. The molecule has 0 radical (unpaired) electrons. The van der Waals surface area contributed by atoms with E-state index in [1.165, 1.54) is 0 Å². The lowest BCUT2D eigenvalue weighted by molar-refractivity contribution is 0.224. The van der Waals surface area contributed by atoms with Gasteiger partial charge in [0.2, 0.25) is 0 Å². The van der Waals surface area contributed by atoms with Crippen LogP contribution in [0.2, 0.25) is 0 Å². The summed E-state index contributed by atoms with van der Waals surface area (Å²) in [6, 6.07) is 12.3. The highest BCUT2D eigenvalue weighted by Crippen LogP contribution is 2.20. The van der Waals surface area contributed by atoms with Crippen LogP contribution in [-0.2, 0) is 0 Å². The average molecular weight is 275 g/mol. The molecular weight excluding hydrogens is 254 g/mol. The molecule has 0 saturated carbocycles. The average Bonchev–Trinajstić information content (AvgIpc) is 2.34. The molecule has 2 rings (SSSR count). The van der Waals surface area contributed by atoms with Crippen molar-refractivity contribution in [3.63, 3.8) is 0 Å². The summed E-state index contributed by atoms with van der Waals surface area (Å²) in [6.45, 7) is 3.44. The van der Waals surface area contributed by atoms with Crippen LogP contribution in [0.15, 0.2) is 42.5 Å². The van der Waals surface area contributed by atoms with Crippen molar-refractivity contribution in [3.8, 4) is 5.75 Å². The zero-order chi connectivity index (χ0) is 15.1.